The number of rotatable bonds is 6. The van der Waals surface area contributed by atoms with Gasteiger partial charge in [0.1, 0.15) is 11.8 Å². The number of para-hydroxylation sites is 1. The zero-order chi connectivity index (χ0) is 20.0. The molecule has 0 radical (unpaired) electrons. The zero-order valence-electron chi connectivity index (χ0n) is 15.7. The summed E-state index contributed by atoms with van der Waals surface area (Å²) in [4.78, 5) is 31.0. The van der Waals surface area contributed by atoms with Gasteiger partial charge in [0.25, 0.3) is 5.91 Å². The molecule has 0 unspecified atom stereocenters. The molecule has 1 amide bonds. The van der Waals surface area contributed by atoms with Crippen LogP contribution in [0.4, 0.5) is 0 Å². The van der Waals surface area contributed by atoms with Gasteiger partial charge in [-0.25, -0.2) is 4.79 Å². The number of ether oxygens (including phenoxy) is 2. The van der Waals surface area contributed by atoms with Gasteiger partial charge in [0.05, 0.1) is 18.4 Å². The predicted molar refractivity (Wildman–Crippen MR) is 97.6 cm³/mol. The molecule has 0 aliphatic carbocycles. The number of carbonyl (C=O) groups is 2. The van der Waals surface area contributed by atoms with E-state index in [0.717, 1.165) is 0 Å². The quantitative estimate of drug-likeness (QED) is 0.727. The topological polar surface area (TPSA) is 92.5 Å². The Hall–Kier alpha value is -3.40. The van der Waals surface area contributed by atoms with Gasteiger partial charge in [0.2, 0.25) is 0 Å². The summed E-state index contributed by atoms with van der Waals surface area (Å²) >= 11 is 0. The Morgan fingerprint density at radius 3 is 2.48 bits per heavy atom. The van der Waals surface area contributed by atoms with E-state index >= 15 is 0 Å². The summed E-state index contributed by atoms with van der Waals surface area (Å²) in [6.45, 7) is 3.12. The summed E-state index contributed by atoms with van der Waals surface area (Å²) in [6.07, 6.45) is 0.606. The maximum atomic E-state index is 13.0. The summed E-state index contributed by atoms with van der Waals surface area (Å²) in [6, 6.07) is 13.7. The molecule has 1 aromatic heterocycles. The van der Waals surface area contributed by atoms with Gasteiger partial charge in [-0.1, -0.05) is 18.2 Å². The SMILES string of the molecule is COC(=O)[C@](C)(c1ccccn1)N(C)C(=O)[C@@H](C)Oc1ccccc1C#N. The Labute approximate surface area is 158 Å². The van der Waals surface area contributed by atoms with Crippen LogP contribution in [0.1, 0.15) is 25.1 Å². The molecule has 0 saturated heterocycles. The molecule has 27 heavy (non-hydrogen) atoms. The van der Waals surface area contributed by atoms with E-state index in [2.05, 4.69) is 4.98 Å². The molecule has 1 heterocycles. The van der Waals surface area contributed by atoms with E-state index in [9.17, 15) is 9.59 Å². The van der Waals surface area contributed by atoms with Crippen molar-refractivity contribution in [1.29, 1.82) is 5.26 Å². The monoisotopic (exact) mass is 367 g/mol. The van der Waals surface area contributed by atoms with Crippen molar-refractivity contribution in [3.63, 3.8) is 0 Å². The fourth-order valence-electron chi connectivity index (χ4n) is 2.66. The van der Waals surface area contributed by atoms with E-state index in [0.29, 0.717) is 17.0 Å². The van der Waals surface area contributed by atoms with Gasteiger partial charge in [-0.3, -0.25) is 9.78 Å². The molecule has 0 aliphatic rings. The lowest BCUT2D eigenvalue weighted by atomic mass is 9.94. The molecule has 140 valence electrons. The van der Waals surface area contributed by atoms with E-state index in [1.807, 2.05) is 6.07 Å². The lowest BCUT2D eigenvalue weighted by Gasteiger charge is -2.36. The Kier molecular flexibility index (Phi) is 6.14. The highest BCUT2D eigenvalue weighted by Gasteiger charge is 2.45. The first-order chi connectivity index (χ1) is 12.9. The van der Waals surface area contributed by atoms with Crippen molar-refractivity contribution in [2.45, 2.75) is 25.5 Å². The van der Waals surface area contributed by atoms with Crippen LogP contribution in [0, 0.1) is 11.3 Å². The average molecular weight is 367 g/mol. The van der Waals surface area contributed by atoms with E-state index in [4.69, 9.17) is 14.7 Å². The molecule has 0 N–H and O–H groups in total. The second-order valence-electron chi connectivity index (χ2n) is 6.04. The van der Waals surface area contributed by atoms with Gasteiger partial charge in [0, 0.05) is 13.2 Å². The predicted octanol–water partition coefficient (Wildman–Crippen LogP) is 2.27. The van der Waals surface area contributed by atoms with Gasteiger partial charge >= 0.3 is 5.97 Å². The minimum Gasteiger partial charge on any atom is -0.480 e. The van der Waals surface area contributed by atoms with E-state index in [-0.39, 0.29) is 0 Å². The van der Waals surface area contributed by atoms with Crippen LogP contribution in [0.25, 0.3) is 0 Å². The first-order valence-electron chi connectivity index (χ1n) is 8.29. The molecule has 2 atom stereocenters. The molecule has 0 spiro atoms. The summed E-state index contributed by atoms with van der Waals surface area (Å²) in [7, 11) is 2.74. The Morgan fingerprint density at radius 1 is 1.22 bits per heavy atom. The number of carbonyl (C=O) groups excluding carboxylic acids is 2. The van der Waals surface area contributed by atoms with Crippen LogP contribution in [-0.2, 0) is 19.9 Å². The van der Waals surface area contributed by atoms with Gasteiger partial charge in [-0.2, -0.15) is 5.26 Å². The zero-order valence-corrected chi connectivity index (χ0v) is 15.7. The molecule has 0 aliphatic heterocycles. The molecular formula is C20H21N3O4. The number of pyridine rings is 1. The number of likely N-dealkylation sites (N-methyl/N-ethyl adjacent to an activating group) is 1. The van der Waals surface area contributed by atoms with E-state index in [1.54, 1.807) is 56.3 Å². The van der Waals surface area contributed by atoms with Crippen molar-refractivity contribution in [3.8, 4) is 11.8 Å². The molecule has 0 bridgehead atoms. The number of nitriles is 1. The van der Waals surface area contributed by atoms with Crippen LogP contribution in [0.2, 0.25) is 0 Å². The molecule has 2 rings (SSSR count). The smallest absolute Gasteiger partial charge is 0.337 e. The van der Waals surface area contributed by atoms with Crippen LogP contribution >= 0.6 is 0 Å². The maximum absolute atomic E-state index is 13.0. The number of hydrogen-bond donors (Lipinski definition) is 0. The van der Waals surface area contributed by atoms with Crippen molar-refractivity contribution >= 4 is 11.9 Å². The third-order valence-corrected chi connectivity index (χ3v) is 4.41. The van der Waals surface area contributed by atoms with E-state index in [1.165, 1.54) is 25.3 Å². The number of benzene rings is 1. The lowest BCUT2D eigenvalue weighted by molar-refractivity contribution is -0.163. The lowest BCUT2D eigenvalue weighted by Crippen LogP contribution is -2.54. The molecule has 7 nitrogen and oxygen atoms in total. The minimum absolute atomic E-state index is 0.298. The van der Waals surface area contributed by atoms with Crippen molar-refractivity contribution < 1.29 is 19.1 Å². The second-order valence-corrected chi connectivity index (χ2v) is 6.04. The normalized spacial score (nSPS) is 13.6. The van der Waals surface area contributed by atoms with Gasteiger partial charge in [-0.05, 0) is 38.1 Å². The largest absolute Gasteiger partial charge is 0.480 e. The van der Waals surface area contributed by atoms with Gasteiger partial charge < -0.3 is 14.4 Å². The number of aromatic nitrogens is 1. The van der Waals surface area contributed by atoms with Gasteiger partial charge in [-0.15, -0.1) is 0 Å². The highest BCUT2D eigenvalue weighted by atomic mass is 16.5. The summed E-state index contributed by atoms with van der Waals surface area (Å²) in [5.74, 6) is -0.783. The van der Waals surface area contributed by atoms with Crippen molar-refractivity contribution in [2.75, 3.05) is 14.2 Å². The minimum atomic E-state index is -1.43. The number of hydrogen-bond acceptors (Lipinski definition) is 6. The highest BCUT2D eigenvalue weighted by molar-refractivity contribution is 5.90. The summed E-state index contributed by atoms with van der Waals surface area (Å²) in [5, 5.41) is 9.17. The maximum Gasteiger partial charge on any atom is 0.337 e. The van der Waals surface area contributed by atoms with Crippen LogP contribution in [-0.4, -0.2) is 42.0 Å². The summed E-state index contributed by atoms with van der Waals surface area (Å²) < 4.78 is 10.6. The number of nitrogens with zero attached hydrogens (tertiary/aromatic N) is 3. The Morgan fingerprint density at radius 2 is 1.89 bits per heavy atom. The second kappa shape index (κ2) is 8.32. The number of methoxy groups -OCH3 is 1. The van der Waals surface area contributed by atoms with Gasteiger partial charge in [0.15, 0.2) is 11.6 Å². The van der Waals surface area contributed by atoms with E-state index < -0.39 is 23.5 Å². The highest BCUT2D eigenvalue weighted by Crippen LogP contribution is 2.28. The molecule has 1 aromatic carbocycles. The van der Waals surface area contributed by atoms with Crippen LogP contribution in [0.15, 0.2) is 48.7 Å². The molecular weight excluding hydrogens is 346 g/mol. The third-order valence-electron chi connectivity index (χ3n) is 4.41. The number of amides is 1. The molecule has 0 fully saturated rings. The standard InChI is InChI=1S/C20H21N3O4/c1-14(27-16-10-6-5-9-15(16)13-21)18(24)23(3)20(2,19(25)26-4)17-11-7-8-12-22-17/h5-12,14H,1-4H3/t14-,20+/m1/s1. The fourth-order valence-corrected chi connectivity index (χ4v) is 2.66. The first kappa shape index (κ1) is 19.9. The van der Waals surface area contributed by atoms with Crippen molar-refractivity contribution in [3.05, 3.63) is 59.9 Å². The molecule has 0 saturated carbocycles. The van der Waals surface area contributed by atoms with Crippen LogP contribution in [0.5, 0.6) is 5.75 Å². The van der Waals surface area contributed by atoms with Crippen molar-refractivity contribution in [2.24, 2.45) is 0 Å². The Balaban J connectivity index is 2.32. The average Bonchev–Trinajstić information content (AvgIpc) is 2.72. The first-order valence-corrected chi connectivity index (χ1v) is 8.29. The van der Waals surface area contributed by atoms with Crippen LogP contribution in [0.3, 0.4) is 0 Å². The molecule has 7 heteroatoms. The Bertz CT molecular complexity index is 863. The summed E-state index contributed by atoms with van der Waals surface area (Å²) in [5.41, 5.74) is -0.739. The van der Waals surface area contributed by atoms with Crippen molar-refractivity contribution in [1.82, 2.24) is 9.88 Å². The number of esters is 1. The third kappa shape index (κ3) is 3.90. The molecule has 2 aromatic rings. The van der Waals surface area contributed by atoms with Crippen LogP contribution < -0.4 is 4.74 Å². The fraction of sp³-hybridized carbons (Fsp3) is 0.300.